The van der Waals surface area contributed by atoms with Crippen molar-refractivity contribution < 1.29 is 14.1 Å². The second-order valence-electron chi connectivity index (χ2n) is 5.01. The molecule has 1 N–H and O–H groups in total. The molecule has 0 spiro atoms. The lowest BCUT2D eigenvalue weighted by atomic mass is 9.96. The zero-order valence-electron chi connectivity index (χ0n) is 11.5. The Labute approximate surface area is 124 Å². The van der Waals surface area contributed by atoms with Gasteiger partial charge in [-0.25, -0.2) is 0 Å². The van der Waals surface area contributed by atoms with Crippen LogP contribution in [0.1, 0.15) is 39.4 Å². The quantitative estimate of drug-likeness (QED) is 0.692. The number of hydrogen-bond donors (Lipinski definition) is 1. The molecule has 0 unspecified atom stereocenters. The Morgan fingerprint density at radius 1 is 1.38 bits per heavy atom. The second kappa shape index (κ2) is 5.33. The molecular weight excluding hydrogens is 292 g/mol. The Morgan fingerprint density at radius 3 is 2.81 bits per heavy atom. The van der Waals surface area contributed by atoms with Crippen LogP contribution >= 0.6 is 11.3 Å². The largest absolute Gasteiger partial charge is 0.433 e. The summed E-state index contributed by atoms with van der Waals surface area (Å²) < 4.78 is 4.91. The fraction of sp³-hybridized carbons (Fsp3) is 0.357. The van der Waals surface area contributed by atoms with Crippen LogP contribution in [0, 0.1) is 17.0 Å². The van der Waals surface area contributed by atoms with Gasteiger partial charge in [-0.15, -0.1) is 11.3 Å². The smallest absolute Gasteiger partial charge is 0.395 e. The van der Waals surface area contributed by atoms with Crippen molar-refractivity contribution in [1.82, 2.24) is 0 Å². The molecule has 0 saturated heterocycles. The van der Waals surface area contributed by atoms with Crippen molar-refractivity contribution in [3.8, 4) is 0 Å². The first-order valence-electron chi connectivity index (χ1n) is 6.73. The van der Waals surface area contributed by atoms with E-state index in [1.165, 1.54) is 35.4 Å². The molecule has 0 atom stereocenters. The molecule has 21 heavy (non-hydrogen) atoms. The summed E-state index contributed by atoms with van der Waals surface area (Å²) in [5, 5.41) is 14.2. The highest BCUT2D eigenvalue weighted by Crippen LogP contribution is 2.37. The average Bonchev–Trinajstić information content (AvgIpc) is 3.06. The number of fused-ring (bicyclic) bond motifs is 1. The number of aryl methyl sites for hydroxylation is 1. The van der Waals surface area contributed by atoms with Crippen LogP contribution in [-0.2, 0) is 12.8 Å². The first kappa shape index (κ1) is 13.8. The topological polar surface area (TPSA) is 85.4 Å². The summed E-state index contributed by atoms with van der Waals surface area (Å²) in [6, 6.07) is 2.50. The summed E-state index contributed by atoms with van der Waals surface area (Å²) in [5.41, 5.74) is 2.44. The van der Waals surface area contributed by atoms with Crippen LogP contribution in [-0.4, -0.2) is 10.8 Å². The van der Waals surface area contributed by atoms with Crippen LogP contribution in [0.25, 0.3) is 0 Å². The maximum absolute atomic E-state index is 12.1. The highest BCUT2D eigenvalue weighted by molar-refractivity contribution is 7.16. The van der Waals surface area contributed by atoms with Gasteiger partial charge in [0.15, 0.2) is 5.76 Å². The van der Waals surface area contributed by atoms with Crippen LogP contribution in [0.2, 0.25) is 0 Å². The first-order chi connectivity index (χ1) is 10.1. The highest BCUT2D eigenvalue weighted by atomic mass is 32.1. The van der Waals surface area contributed by atoms with Crippen molar-refractivity contribution >= 4 is 28.1 Å². The van der Waals surface area contributed by atoms with Gasteiger partial charge in [-0.1, -0.05) is 0 Å². The number of rotatable bonds is 3. The van der Waals surface area contributed by atoms with Gasteiger partial charge in [-0.2, -0.15) is 0 Å². The van der Waals surface area contributed by atoms with E-state index >= 15 is 0 Å². The number of nitro groups is 1. The highest BCUT2D eigenvalue weighted by Gasteiger charge is 2.22. The van der Waals surface area contributed by atoms with E-state index in [1.54, 1.807) is 11.3 Å². The molecule has 0 aromatic carbocycles. The number of amides is 1. The fourth-order valence-electron chi connectivity index (χ4n) is 2.56. The van der Waals surface area contributed by atoms with Gasteiger partial charge >= 0.3 is 5.88 Å². The van der Waals surface area contributed by atoms with Gasteiger partial charge in [0.1, 0.15) is 4.92 Å². The van der Waals surface area contributed by atoms with Crippen LogP contribution in [0.5, 0.6) is 0 Å². The summed E-state index contributed by atoms with van der Waals surface area (Å²) in [6.45, 7) is 2.00. The van der Waals surface area contributed by atoms with Crippen molar-refractivity contribution in [3.63, 3.8) is 0 Å². The standard InChI is InChI=1S/C14H14N2O4S/c1-8-9-4-2-3-5-11(9)21-14(8)15-13(17)10-6-7-12(20-10)16(18)19/h6-7H,2-5H2,1H3,(H,15,17). The van der Waals surface area contributed by atoms with Crippen molar-refractivity contribution in [3.05, 3.63) is 44.0 Å². The molecule has 2 aromatic heterocycles. The lowest BCUT2D eigenvalue weighted by Gasteiger charge is -2.10. The van der Waals surface area contributed by atoms with Crippen molar-refractivity contribution in [2.24, 2.45) is 0 Å². The second-order valence-corrected chi connectivity index (χ2v) is 6.12. The number of nitrogens with zero attached hydrogens (tertiary/aromatic N) is 1. The van der Waals surface area contributed by atoms with E-state index < -0.39 is 16.7 Å². The van der Waals surface area contributed by atoms with E-state index in [0.717, 1.165) is 23.4 Å². The van der Waals surface area contributed by atoms with Gasteiger partial charge in [-0.05, 0) is 49.8 Å². The zero-order chi connectivity index (χ0) is 15.0. The predicted molar refractivity (Wildman–Crippen MR) is 79.0 cm³/mol. The number of thiophene rings is 1. The van der Waals surface area contributed by atoms with Gasteiger partial charge in [0.05, 0.1) is 11.1 Å². The number of nitrogens with one attached hydrogen (secondary N) is 1. The zero-order valence-corrected chi connectivity index (χ0v) is 12.3. The van der Waals surface area contributed by atoms with Gasteiger partial charge in [-0.3, -0.25) is 14.9 Å². The molecule has 7 heteroatoms. The Bertz CT molecular complexity index is 717. The summed E-state index contributed by atoms with van der Waals surface area (Å²) >= 11 is 1.59. The Morgan fingerprint density at radius 2 is 2.14 bits per heavy atom. The first-order valence-corrected chi connectivity index (χ1v) is 7.54. The lowest BCUT2D eigenvalue weighted by Crippen LogP contribution is -2.10. The Hall–Kier alpha value is -2.15. The molecule has 0 fully saturated rings. The van der Waals surface area contributed by atoms with E-state index in [9.17, 15) is 14.9 Å². The van der Waals surface area contributed by atoms with E-state index in [0.29, 0.717) is 0 Å². The third kappa shape index (κ3) is 2.56. The van der Waals surface area contributed by atoms with E-state index in [4.69, 9.17) is 4.42 Å². The van der Waals surface area contributed by atoms with Crippen LogP contribution < -0.4 is 5.32 Å². The monoisotopic (exact) mass is 306 g/mol. The van der Waals surface area contributed by atoms with Crippen LogP contribution in [0.3, 0.4) is 0 Å². The van der Waals surface area contributed by atoms with E-state index in [-0.39, 0.29) is 5.76 Å². The van der Waals surface area contributed by atoms with Crippen molar-refractivity contribution in [2.45, 2.75) is 32.6 Å². The fourth-order valence-corrected chi connectivity index (χ4v) is 3.85. The maximum atomic E-state index is 12.1. The maximum Gasteiger partial charge on any atom is 0.433 e. The number of carbonyl (C=O) groups is 1. The van der Waals surface area contributed by atoms with Crippen LogP contribution in [0.15, 0.2) is 16.5 Å². The molecule has 6 nitrogen and oxygen atoms in total. The molecule has 2 heterocycles. The Balaban J connectivity index is 1.81. The van der Waals surface area contributed by atoms with Crippen molar-refractivity contribution in [1.29, 1.82) is 0 Å². The third-order valence-electron chi connectivity index (χ3n) is 3.66. The Kier molecular flexibility index (Phi) is 3.50. The van der Waals surface area contributed by atoms with E-state index in [2.05, 4.69) is 5.32 Å². The minimum atomic E-state index is -0.661. The van der Waals surface area contributed by atoms with Crippen LogP contribution in [0.4, 0.5) is 10.9 Å². The van der Waals surface area contributed by atoms with Gasteiger partial charge in [0.2, 0.25) is 0 Å². The molecule has 1 aliphatic rings. The molecule has 2 aromatic rings. The van der Waals surface area contributed by atoms with Gasteiger partial charge in [0.25, 0.3) is 5.91 Å². The predicted octanol–water partition coefficient (Wildman–Crippen LogP) is 3.69. The molecule has 0 saturated carbocycles. The average molecular weight is 306 g/mol. The minimum absolute atomic E-state index is 0.0486. The molecule has 1 aliphatic carbocycles. The molecule has 0 radical (unpaired) electrons. The summed E-state index contributed by atoms with van der Waals surface area (Å²) in [6.07, 6.45) is 4.48. The van der Waals surface area contributed by atoms with Gasteiger partial charge < -0.3 is 9.73 Å². The molecule has 1 amide bonds. The number of furan rings is 1. The summed E-state index contributed by atoms with van der Waals surface area (Å²) in [7, 11) is 0. The lowest BCUT2D eigenvalue weighted by molar-refractivity contribution is -0.402. The van der Waals surface area contributed by atoms with Gasteiger partial charge in [0, 0.05) is 4.88 Å². The number of hydrogen-bond acceptors (Lipinski definition) is 5. The summed E-state index contributed by atoms with van der Waals surface area (Å²) in [4.78, 5) is 23.3. The third-order valence-corrected chi connectivity index (χ3v) is 4.97. The molecule has 110 valence electrons. The SMILES string of the molecule is Cc1c(NC(=O)c2ccc([N+](=O)[O-])o2)sc2c1CCCC2. The molecular formula is C14H14N2O4S. The van der Waals surface area contributed by atoms with E-state index in [1.807, 2.05) is 6.92 Å². The molecule has 0 bridgehead atoms. The number of anilines is 1. The normalized spacial score (nSPS) is 13.8. The number of carbonyl (C=O) groups excluding carboxylic acids is 1. The molecule has 0 aliphatic heterocycles. The molecule has 3 rings (SSSR count). The van der Waals surface area contributed by atoms with Crippen molar-refractivity contribution in [2.75, 3.05) is 5.32 Å². The summed E-state index contributed by atoms with van der Waals surface area (Å²) in [5.74, 6) is -0.931. The minimum Gasteiger partial charge on any atom is -0.395 e.